The number of carbonyl (C=O) groups is 1. The van der Waals surface area contributed by atoms with Gasteiger partial charge < -0.3 is 15.1 Å². The van der Waals surface area contributed by atoms with Crippen LogP contribution in [-0.4, -0.2) is 17.4 Å². The van der Waals surface area contributed by atoms with Crippen molar-refractivity contribution in [2.24, 2.45) is 0 Å². The number of halogens is 3. The molecule has 0 saturated heterocycles. The van der Waals surface area contributed by atoms with Gasteiger partial charge >= 0.3 is 0 Å². The normalized spacial score (nSPS) is 12.5. The Morgan fingerprint density at radius 3 is 2.93 bits per heavy atom. The molecule has 0 radical (unpaired) electrons. The minimum absolute atomic E-state index is 0. The van der Waals surface area contributed by atoms with Crippen molar-refractivity contribution in [2.45, 2.75) is 26.3 Å². The maximum atomic E-state index is 14.6. The first-order chi connectivity index (χ1) is 12.6. The molecule has 0 spiro atoms. The molecule has 1 aliphatic heterocycles. The van der Waals surface area contributed by atoms with Gasteiger partial charge in [0.1, 0.15) is 11.6 Å². The number of anilines is 1. The molecule has 0 fully saturated rings. The number of benzene rings is 1. The summed E-state index contributed by atoms with van der Waals surface area (Å²) in [5.74, 6) is 0.441. The minimum atomic E-state index is -0.340. The predicted octanol–water partition coefficient (Wildman–Crippen LogP) is 4.52. The quantitative estimate of drug-likeness (QED) is 0.621. The summed E-state index contributed by atoms with van der Waals surface area (Å²) in [7, 11) is 0. The third-order valence-corrected chi connectivity index (χ3v) is 5.15. The third-order valence-electron chi connectivity index (χ3n) is 4.47. The lowest BCUT2D eigenvalue weighted by Crippen LogP contribution is -2.25. The fourth-order valence-corrected chi connectivity index (χ4v) is 3.71. The van der Waals surface area contributed by atoms with Gasteiger partial charge in [0.05, 0.1) is 17.8 Å². The van der Waals surface area contributed by atoms with Gasteiger partial charge in [-0.25, -0.2) is 9.37 Å². The Bertz CT molecular complexity index is 960. The van der Waals surface area contributed by atoms with E-state index < -0.39 is 0 Å². The Hall–Kier alpha value is -1.93. The van der Waals surface area contributed by atoms with Gasteiger partial charge in [-0.05, 0) is 48.5 Å². The molecule has 0 unspecified atom stereocenters. The van der Waals surface area contributed by atoms with Crippen LogP contribution in [0.25, 0.3) is 11.5 Å². The van der Waals surface area contributed by atoms with Crippen molar-refractivity contribution in [3.63, 3.8) is 0 Å². The standard InChI is InChI=1S/C19H18FN3O2S.2ClH/c1-11-16(23-19(25-11)13-5-7-26-10-13)8-17(24)22-15-3-2-12-9-21-6-4-14(12)18(15)20;;/h2-3,5,7,10,21H,4,6,8-9H2,1H3,(H,22,24);2*1H. The van der Waals surface area contributed by atoms with E-state index in [0.29, 0.717) is 35.9 Å². The van der Waals surface area contributed by atoms with Crippen LogP contribution in [0, 0.1) is 12.7 Å². The van der Waals surface area contributed by atoms with Gasteiger partial charge in [-0.1, -0.05) is 6.07 Å². The second kappa shape index (κ2) is 9.52. The molecular formula is C19H20Cl2FN3O2S. The van der Waals surface area contributed by atoms with E-state index >= 15 is 0 Å². The summed E-state index contributed by atoms with van der Waals surface area (Å²) < 4.78 is 20.3. The van der Waals surface area contributed by atoms with Crippen LogP contribution in [0.4, 0.5) is 10.1 Å². The van der Waals surface area contributed by atoms with Crippen molar-refractivity contribution in [3.05, 3.63) is 57.4 Å². The van der Waals surface area contributed by atoms with Crippen molar-refractivity contribution in [3.8, 4) is 11.5 Å². The molecule has 0 saturated carbocycles. The van der Waals surface area contributed by atoms with E-state index in [1.165, 1.54) is 0 Å². The topological polar surface area (TPSA) is 67.2 Å². The van der Waals surface area contributed by atoms with Gasteiger partial charge in [0, 0.05) is 17.5 Å². The zero-order valence-corrected chi connectivity index (χ0v) is 17.5. The Kier molecular flexibility index (Phi) is 7.60. The number of aromatic nitrogens is 1. The van der Waals surface area contributed by atoms with E-state index in [2.05, 4.69) is 15.6 Å². The van der Waals surface area contributed by atoms with Crippen LogP contribution in [-0.2, 0) is 24.2 Å². The van der Waals surface area contributed by atoms with Crippen molar-refractivity contribution >= 4 is 47.7 Å². The first-order valence-electron chi connectivity index (χ1n) is 8.41. The molecule has 3 heterocycles. The van der Waals surface area contributed by atoms with Crippen LogP contribution in [0.1, 0.15) is 22.6 Å². The molecule has 0 atom stereocenters. The maximum Gasteiger partial charge on any atom is 0.230 e. The number of aryl methyl sites for hydroxylation is 1. The van der Waals surface area contributed by atoms with Crippen molar-refractivity contribution in [1.82, 2.24) is 10.3 Å². The number of fused-ring (bicyclic) bond motifs is 1. The molecule has 1 amide bonds. The number of oxazole rings is 1. The fraction of sp³-hybridized carbons (Fsp3) is 0.263. The smallest absolute Gasteiger partial charge is 0.230 e. The molecular weight excluding hydrogens is 424 g/mol. The van der Waals surface area contributed by atoms with E-state index in [1.807, 2.05) is 22.9 Å². The Morgan fingerprint density at radius 2 is 2.18 bits per heavy atom. The molecule has 2 N–H and O–H groups in total. The Balaban J connectivity index is 0.00000140. The minimum Gasteiger partial charge on any atom is -0.441 e. The summed E-state index contributed by atoms with van der Waals surface area (Å²) in [6.07, 6.45) is 0.662. The highest BCUT2D eigenvalue weighted by Gasteiger charge is 2.19. The van der Waals surface area contributed by atoms with Gasteiger partial charge in [0.15, 0.2) is 0 Å². The zero-order valence-electron chi connectivity index (χ0n) is 15.1. The number of thiophene rings is 1. The molecule has 28 heavy (non-hydrogen) atoms. The van der Waals surface area contributed by atoms with Crippen LogP contribution in [0.3, 0.4) is 0 Å². The van der Waals surface area contributed by atoms with Crippen LogP contribution in [0.2, 0.25) is 0 Å². The van der Waals surface area contributed by atoms with E-state index in [1.54, 1.807) is 24.3 Å². The summed E-state index contributed by atoms with van der Waals surface area (Å²) in [6.45, 7) is 3.17. The summed E-state index contributed by atoms with van der Waals surface area (Å²) in [5, 5.41) is 9.75. The first-order valence-corrected chi connectivity index (χ1v) is 9.36. The van der Waals surface area contributed by atoms with E-state index in [0.717, 1.165) is 17.7 Å². The van der Waals surface area contributed by atoms with E-state index in [9.17, 15) is 9.18 Å². The molecule has 9 heteroatoms. The van der Waals surface area contributed by atoms with Crippen LogP contribution < -0.4 is 10.6 Å². The van der Waals surface area contributed by atoms with Gasteiger partial charge in [-0.15, -0.1) is 24.8 Å². The lowest BCUT2D eigenvalue weighted by Gasteiger charge is -2.19. The molecule has 0 bridgehead atoms. The van der Waals surface area contributed by atoms with E-state index in [4.69, 9.17) is 4.42 Å². The van der Waals surface area contributed by atoms with Gasteiger partial charge in [-0.2, -0.15) is 11.3 Å². The average molecular weight is 444 g/mol. The van der Waals surface area contributed by atoms with Crippen LogP contribution in [0.15, 0.2) is 33.4 Å². The predicted molar refractivity (Wildman–Crippen MR) is 113 cm³/mol. The SMILES string of the molecule is Cc1oc(-c2ccsc2)nc1CC(=O)Nc1ccc2c(c1F)CCNC2.Cl.Cl. The molecule has 3 aromatic rings. The molecule has 0 aliphatic carbocycles. The summed E-state index contributed by atoms with van der Waals surface area (Å²) in [5.41, 5.74) is 3.29. The van der Waals surface area contributed by atoms with Crippen molar-refractivity contribution in [1.29, 1.82) is 0 Å². The summed E-state index contributed by atoms with van der Waals surface area (Å²) in [6, 6.07) is 5.39. The largest absolute Gasteiger partial charge is 0.441 e. The molecule has 150 valence electrons. The number of hydrogen-bond donors (Lipinski definition) is 2. The third kappa shape index (κ3) is 4.55. The van der Waals surface area contributed by atoms with Gasteiger partial charge in [-0.3, -0.25) is 4.79 Å². The van der Waals surface area contributed by atoms with Crippen molar-refractivity contribution < 1.29 is 13.6 Å². The summed E-state index contributed by atoms with van der Waals surface area (Å²) in [4.78, 5) is 16.8. The van der Waals surface area contributed by atoms with Crippen molar-refractivity contribution in [2.75, 3.05) is 11.9 Å². The molecule has 2 aromatic heterocycles. The van der Waals surface area contributed by atoms with E-state index in [-0.39, 0.29) is 48.6 Å². The number of hydrogen-bond acceptors (Lipinski definition) is 5. The highest BCUT2D eigenvalue weighted by molar-refractivity contribution is 7.08. The van der Waals surface area contributed by atoms with Crippen LogP contribution in [0.5, 0.6) is 0 Å². The van der Waals surface area contributed by atoms with Gasteiger partial charge in [0.2, 0.25) is 11.8 Å². The number of nitrogens with zero attached hydrogens (tertiary/aromatic N) is 1. The lowest BCUT2D eigenvalue weighted by molar-refractivity contribution is -0.115. The highest BCUT2D eigenvalue weighted by atomic mass is 35.5. The zero-order chi connectivity index (χ0) is 18.1. The lowest BCUT2D eigenvalue weighted by atomic mass is 9.99. The fourth-order valence-electron chi connectivity index (χ4n) is 3.08. The number of amides is 1. The second-order valence-corrected chi connectivity index (χ2v) is 7.03. The molecule has 1 aliphatic rings. The number of rotatable bonds is 4. The summed E-state index contributed by atoms with van der Waals surface area (Å²) >= 11 is 1.55. The Labute approximate surface area is 178 Å². The monoisotopic (exact) mass is 443 g/mol. The highest BCUT2D eigenvalue weighted by Crippen LogP contribution is 2.26. The van der Waals surface area contributed by atoms with Gasteiger partial charge in [0.25, 0.3) is 0 Å². The number of carbonyl (C=O) groups excluding carboxylic acids is 1. The average Bonchev–Trinajstić information content (AvgIpc) is 3.28. The first kappa shape index (κ1) is 22.4. The van der Waals surface area contributed by atoms with Crippen LogP contribution >= 0.6 is 36.2 Å². The molecule has 1 aromatic carbocycles. The number of nitrogens with one attached hydrogen (secondary N) is 2. The molecule has 4 rings (SSSR count). The maximum absolute atomic E-state index is 14.6. The second-order valence-electron chi connectivity index (χ2n) is 6.25. The molecule has 5 nitrogen and oxygen atoms in total. The Morgan fingerprint density at radius 1 is 1.36 bits per heavy atom.